The summed E-state index contributed by atoms with van der Waals surface area (Å²) < 4.78 is 26.0. The standard InChI is InChI=1S/C22H17N5O2.C21H14FN5O2/c1-13-5-4-6-14(9-13)18-15-7-2-3-8-16(15)22(28)29-17(18)10-23-20-19-21(25-11-24-19)27-12-26-20;22-15-8-4-3-7-14(15)17-12-5-1-2-6-13(12)21(28)29-16(17)9-23-19-18-20(25-10-24-18)27-11-26-19/h2-9,11-12H,10H2,1H3,(H2,23,24,25,26,27);1-8,10-11H,9H2,(H2,23,24,25,26,27). The molecule has 0 aliphatic carbocycles. The van der Waals surface area contributed by atoms with Gasteiger partial charge in [0, 0.05) is 27.5 Å². The van der Waals surface area contributed by atoms with Crippen molar-refractivity contribution in [3.63, 3.8) is 0 Å². The van der Waals surface area contributed by atoms with Gasteiger partial charge in [0.25, 0.3) is 0 Å². The number of hydrogen-bond donors (Lipinski definition) is 4. The van der Waals surface area contributed by atoms with Crippen LogP contribution >= 0.6 is 0 Å². The van der Waals surface area contributed by atoms with Gasteiger partial charge in [-0.15, -0.1) is 0 Å². The molecule has 6 heterocycles. The van der Waals surface area contributed by atoms with Gasteiger partial charge in [-0.1, -0.05) is 84.4 Å². The fourth-order valence-corrected chi connectivity index (χ4v) is 6.95. The lowest BCUT2D eigenvalue weighted by molar-refractivity contribution is 0.475. The summed E-state index contributed by atoms with van der Waals surface area (Å²) in [7, 11) is 0. The van der Waals surface area contributed by atoms with Crippen LogP contribution in [-0.2, 0) is 13.1 Å². The van der Waals surface area contributed by atoms with Crippen LogP contribution in [-0.4, -0.2) is 39.9 Å². The summed E-state index contributed by atoms with van der Waals surface area (Å²) in [6.07, 6.45) is 5.92. The van der Waals surface area contributed by atoms with E-state index in [4.69, 9.17) is 8.83 Å². The Balaban J connectivity index is 0.000000150. The van der Waals surface area contributed by atoms with E-state index in [0.717, 1.165) is 22.1 Å². The minimum absolute atomic E-state index is 0.120. The van der Waals surface area contributed by atoms with Crippen molar-refractivity contribution in [2.24, 2.45) is 0 Å². The van der Waals surface area contributed by atoms with E-state index in [-0.39, 0.29) is 18.7 Å². The van der Waals surface area contributed by atoms with Crippen molar-refractivity contribution in [1.82, 2.24) is 39.9 Å². The zero-order valence-corrected chi connectivity index (χ0v) is 30.7. The van der Waals surface area contributed by atoms with Gasteiger partial charge in [0.1, 0.15) is 41.0 Å². The Bertz CT molecular complexity index is 3250. The van der Waals surface area contributed by atoms with Crippen LogP contribution < -0.4 is 21.9 Å². The summed E-state index contributed by atoms with van der Waals surface area (Å²) >= 11 is 0. The number of halogens is 1. The second-order valence-corrected chi connectivity index (χ2v) is 13.2. The van der Waals surface area contributed by atoms with Gasteiger partial charge in [-0.3, -0.25) is 0 Å². The molecule has 0 aliphatic rings. The first kappa shape index (κ1) is 35.6. The minimum atomic E-state index is -0.480. The monoisotopic (exact) mass is 770 g/mol. The third kappa shape index (κ3) is 6.76. The molecule has 4 aromatic carbocycles. The number of H-pyrrole nitrogens is 2. The highest BCUT2D eigenvalue weighted by Crippen LogP contribution is 2.34. The van der Waals surface area contributed by atoms with E-state index in [2.05, 4.69) is 56.6 Å². The number of fused-ring (bicyclic) bond motifs is 4. The molecular weight excluding hydrogens is 740 g/mol. The van der Waals surface area contributed by atoms with Gasteiger partial charge in [-0.2, -0.15) is 0 Å². The van der Waals surface area contributed by atoms with Crippen molar-refractivity contribution >= 4 is 55.5 Å². The number of hydrogen-bond acceptors (Lipinski definition) is 12. The molecule has 10 aromatic rings. The predicted octanol–water partition coefficient (Wildman–Crippen LogP) is 7.92. The van der Waals surface area contributed by atoms with Crippen LogP contribution in [0.3, 0.4) is 0 Å². The van der Waals surface area contributed by atoms with Crippen molar-refractivity contribution in [2.45, 2.75) is 20.0 Å². The highest BCUT2D eigenvalue weighted by atomic mass is 19.1. The molecular formula is C43H31FN10O4. The van der Waals surface area contributed by atoms with Crippen LogP contribution in [0.4, 0.5) is 16.0 Å². The van der Waals surface area contributed by atoms with Crippen molar-refractivity contribution < 1.29 is 13.2 Å². The van der Waals surface area contributed by atoms with E-state index < -0.39 is 11.4 Å². The Kier molecular flexibility index (Phi) is 9.35. The molecule has 0 atom stereocenters. The molecule has 284 valence electrons. The van der Waals surface area contributed by atoms with Crippen LogP contribution in [0.2, 0.25) is 0 Å². The van der Waals surface area contributed by atoms with Crippen LogP contribution in [0.25, 0.3) is 66.1 Å². The SMILES string of the molecule is Cc1cccc(-c2c(CNc3ncnc4nc[nH]c34)oc(=O)c3ccccc23)c1.O=c1oc(CNc2ncnc3nc[nH]c23)c(-c2ccccc2F)c2ccccc12. The summed E-state index contributed by atoms with van der Waals surface area (Å²) in [5.41, 5.74) is 5.48. The lowest BCUT2D eigenvalue weighted by Crippen LogP contribution is -2.10. The molecule has 0 unspecified atom stereocenters. The Labute approximate surface area is 326 Å². The molecule has 0 radical (unpaired) electrons. The third-order valence-electron chi connectivity index (χ3n) is 9.55. The molecule has 10 rings (SSSR count). The molecule has 0 spiro atoms. The average Bonchev–Trinajstić information content (AvgIpc) is 3.94. The smallest absolute Gasteiger partial charge is 0.343 e. The molecule has 0 saturated carbocycles. The molecule has 0 saturated heterocycles. The van der Waals surface area contributed by atoms with Gasteiger partial charge < -0.3 is 29.4 Å². The summed E-state index contributed by atoms with van der Waals surface area (Å²) in [4.78, 5) is 56.0. The maximum absolute atomic E-state index is 14.6. The van der Waals surface area contributed by atoms with Crippen molar-refractivity contribution in [2.75, 3.05) is 10.6 Å². The van der Waals surface area contributed by atoms with Crippen LogP contribution in [0.5, 0.6) is 0 Å². The first-order valence-electron chi connectivity index (χ1n) is 18.1. The highest BCUT2D eigenvalue weighted by molar-refractivity contribution is 5.98. The van der Waals surface area contributed by atoms with Gasteiger partial charge in [0.2, 0.25) is 0 Å². The number of rotatable bonds is 8. The number of benzene rings is 4. The van der Waals surface area contributed by atoms with Crippen molar-refractivity contribution in [1.29, 1.82) is 0 Å². The molecule has 0 bridgehead atoms. The molecule has 0 aliphatic heterocycles. The van der Waals surface area contributed by atoms with E-state index in [1.807, 2.05) is 49.4 Å². The zero-order chi connectivity index (χ0) is 39.6. The largest absolute Gasteiger partial charge is 0.425 e. The molecule has 14 nitrogen and oxygen atoms in total. The number of nitrogens with one attached hydrogen (secondary N) is 4. The number of aromatic amines is 2. The molecule has 58 heavy (non-hydrogen) atoms. The Hall–Kier alpha value is -8.07. The van der Waals surface area contributed by atoms with Crippen molar-refractivity contribution in [3.05, 3.63) is 166 Å². The maximum Gasteiger partial charge on any atom is 0.343 e. The lowest BCUT2D eigenvalue weighted by atomic mass is 9.97. The van der Waals surface area contributed by atoms with E-state index in [1.54, 1.807) is 48.8 Å². The number of aryl methyl sites for hydroxylation is 1. The number of nitrogens with zero attached hydrogens (tertiary/aromatic N) is 6. The second kappa shape index (κ2) is 15.2. The first-order valence-corrected chi connectivity index (χ1v) is 18.1. The zero-order valence-electron chi connectivity index (χ0n) is 30.7. The fraction of sp³-hybridized carbons (Fsp3) is 0.0698. The lowest BCUT2D eigenvalue weighted by Gasteiger charge is -2.13. The summed E-state index contributed by atoms with van der Waals surface area (Å²) in [5.74, 6) is 1.56. The van der Waals surface area contributed by atoms with E-state index >= 15 is 0 Å². The second-order valence-electron chi connectivity index (χ2n) is 13.2. The molecule has 4 N–H and O–H groups in total. The van der Waals surface area contributed by atoms with E-state index in [9.17, 15) is 14.0 Å². The van der Waals surface area contributed by atoms with E-state index in [1.165, 1.54) is 25.0 Å². The van der Waals surface area contributed by atoms with Crippen LogP contribution in [0, 0.1) is 12.7 Å². The predicted molar refractivity (Wildman–Crippen MR) is 219 cm³/mol. The van der Waals surface area contributed by atoms with E-state index in [0.29, 0.717) is 72.8 Å². The molecule has 15 heteroatoms. The van der Waals surface area contributed by atoms with Gasteiger partial charge in [-0.05, 0) is 30.7 Å². The van der Waals surface area contributed by atoms with Gasteiger partial charge in [0.05, 0.1) is 36.5 Å². The summed E-state index contributed by atoms with van der Waals surface area (Å²) in [6.45, 7) is 2.45. The summed E-state index contributed by atoms with van der Waals surface area (Å²) in [6, 6.07) is 29.1. The van der Waals surface area contributed by atoms with Gasteiger partial charge in [-0.25, -0.2) is 43.9 Å². The molecule has 6 aromatic heterocycles. The topological polar surface area (TPSA) is 193 Å². The first-order chi connectivity index (χ1) is 28.4. The van der Waals surface area contributed by atoms with Crippen LogP contribution in [0.15, 0.2) is 141 Å². The van der Waals surface area contributed by atoms with Crippen LogP contribution in [0.1, 0.15) is 17.1 Å². The minimum Gasteiger partial charge on any atom is -0.425 e. The summed E-state index contributed by atoms with van der Waals surface area (Å²) in [5, 5.41) is 8.83. The third-order valence-corrected chi connectivity index (χ3v) is 9.55. The molecule has 0 amide bonds. The fourth-order valence-electron chi connectivity index (χ4n) is 6.95. The highest BCUT2D eigenvalue weighted by Gasteiger charge is 2.20. The van der Waals surface area contributed by atoms with Gasteiger partial charge >= 0.3 is 11.3 Å². The number of aromatic nitrogens is 8. The quantitative estimate of drug-likeness (QED) is 0.117. The number of anilines is 2. The van der Waals surface area contributed by atoms with Gasteiger partial charge in [0.15, 0.2) is 22.9 Å². The Morgan fingerprint density at radius 1 is 0.586 bits per heavy atom. The normalized spacial score (nSPS) is 11.2. The maximum atomic E-state index is 14.6. The molecule has 0 fully saturated rings. The average molecular weight is 771 g/mol. The number of imidazole rings is 2. The van der Waals surface area contributed by atoms with Crippen molar-refractivity contribution in [3.8, 4) is 22.3 Å². The Morgan fingerprint density at radius 2 is 1.10 bits per heavy atom. The Morgan fingerprint density at radius 3 is 1.67 bits per heavy atom.